The summed E-state index contributed by atoms with van der Waals surface area (Å²) in [5.74, 6) is -0.309. The monoisotopic (exact) mass is 338 g/mol. The summed E-state index contributed by atoms with van der Waals surface area (Å²) in [6, 6.07) is 16.2. The van der Waals surface area contributed by atoms with E-state index in [4.69, 9.17) is 11.6 Å². The van der Waals surface area contributed by atoms with Crippen LogP contribution in [0.2, 0.25) is 5.02 Å². The molecule has 0 atom stereocenters. The van der Waals surface area contributed by atoms with E-state index in [9.17, 15) is 9.90 Å². The molecule has 5 heteroatoms. The molecular formula is C19H15ClN2O2. The Morgan fingerprint density at radius 1 is 1.17 bits per heavy atom. The lowest BCUT2D eigenvalue weighted by atomic mass is 10.0. The SMILES string of the molecule is Cc1ccc(C(=O)NN=Cc2c(O)ccc3ccccc23)c(Cl)c1. The second-order valence-corrected chi connectivity index (χ2v) is 5.81. The van der Waals surface area contributed by atoms with E-state index < -0.39 is 5.91 Å². The number of carbonyl (C=O) groups excluding carboxylic acids is 1. The molecule has 0 heterocycles. The van der Waals surface area contributed by atoms with Crippen LogP contribution in [-0.4, -0.2) is 17.2 Å². The molecule has 0 fully saturated rings. The molecule has 0 bridgehead atoms. The Bertz CT molecular complexity index is 951. The molecule has 24 heavy (non-hydrogen) atoms. The Hall–Kier alpha value is -2.85. The molecule has 0 aliphatic rings. The molecule has 0 saturated heterocycles. The van der Waals surface area contributed by atoms with Gasteiger partial charge in [-0.3, -0.25) is 4.79 Å². The highest BCUT2D eigenvalue weighted by Crippen LogP contribution is 2.25. The van der Waals surface area contributed by atoms with Crippen molar-refractivity contribution in [3.8, 4) is 5.75 Å². The number of hydrogen-bond acceptors (Lipinski definition) is 3. The topological polar surface area (TPSA) is 61.7 Å². The van der Waals surface area contributed by atoms with Crippen LogP contribution in [0.1, 0.15) is 21.5 Å². The zero-order chi connectivity index (χ0) is 17.1. The number of halogens is 1. The minimum absolute atomic E-state index is 0.0973. The number of aromatic hydroxyl groups is 1. The lowest BCUT2D eigenvalue weighted by Gasteiger charge is -2.06. The third-order valence-corrected chi connectivity index (χ3v) is 3.99. The molecule has 0 radical (unpaired) electrons. The van der Waals surface area contributed by atoms with Gasteiger partial charge in [-0.25, -0.2) is 5.43 Å². The maximum atomic E-state index is 12.1. The van der Waals surface area contributed by atoms with Crippen molar-refractivity contribution in [1.82, 2.24) is 5.43 Å². The summed E-state index contributed by atoms with van der Waals surface area (Å²) in [4.78, 5) is 12.1. The Morgan fingerprint density at radius 3 is 2.75 bits per heavy atom. The number of fused-ring (bicyclic) bond motifs is 1. The van der Waals surface area contributed by atoms with Crippen LogP contribution in [0.15, 0.2) is 59.7 Å². The highest BCUT2D eigenvalue weighted by atomic mass is 35.5. The molecule has 0 aromatic heterocycles. The van der Waals surface area contributed by atoms with E-state index in [0.717, 1.165) is 16.3 Å². The average Bonchev–Trinajstić information content (AvgIpc) is 2.56. The second kappa shape index (κ2) is 6.72. The highest BCUT2D eigenvalue weighted by molar-refractivity contribution is 6.33. The molecule has 4 nitrogen and oxygen atoms in total. The molecular weight excluding hydrogens is 324 g/mol. The van der Waals surface area contributed by atoms with Gasteiger partial charge in [0.2, 0.25) is 0 Å². The summed E-state index contributed by atoms with van der Waals surface area (Å²) in [7, 11) is 0. The first-order valence-electron chi connectivity index (χ1n) is 7.36. The predicted molar refractivity (Wildman–Crippen MR) is 96.9 cm³/mol. The zero-order valence-electron chi connectivity index (χ0n) is 13.0. The first-order valence-corrected chi connectivity index (χ1v) is 7.74. The van der Waals surface area contributed by atoms with E-state index in [0.29, 0.717) is 16.1 Å². The summed E-state index contributed by atoms with van der Waals surface area (Å²) < 4.78 is 0. The number of aryl methyl sites for hydroxylation is 1. The number of nitrogens with one attached hydrogen (secondary N) is 1. The summed E-state index contributed by atoms with van der Waals surface area (Å²) in [5, 5.41) is 16.2. The van der Waals surface area contributed by atoms with Crippen LogP contribution in [0.5, 0.6) is 5.75 Å². The molecule has 0 saturated carbocycles. The van der Waals surface area contributed by atoms with Gasteiger partial charge in [-0.05, 0) is 41.5 Å². The molecule has 0 aliphatic heterocycles. The fourth-order valence-electron chi connectivity index (χ4n) is 2.44. The van der Waals surface area contributed by atoms with Crippen molar-refractivity contribution < 1.29 is 9.90 Å². The molecule has 120 valence electrons. The Kier molecular flexibility index (Phi) is 4.49. The predicted octanol–water partition coefficient (Wildman–Crippen LogP) is 4.27. The molecule has 0 unspecified atom stereocenters. The van der Waals surface area contributed by atoms with Crippen LogP contribution in [-0.2, 0) is 0 Å². The molecule has 0 aliphatic carbocycles. The van der Waals surface area contributed by atoms with Crippen LogP contribution >= 0.6 is 11.6 Å². The number of phenolic OH excluding ortho intramolecular Hbond substituents is 1. The normalized spacial score (nSPS) is 11.1. The van der Waals surface area contributed by atoms with E-state index in [1.807, 2.05) is 37.3 Å². The molecule has 2 N–H and O–H groups in total. The summed E-state index contributed by atoms with van der Waals surface area (Å²) >= 11 is 6.07. The van der Waals surface area contributed by atoms with Crippen molar-refractivity contribution in [2.75, 3.05) is 0 Å². The number of benzene rings is 3. The van der Waals surface area contributed by atoms with Crippen molar-refractivity contribution in [1.29, 1.82) is 0 Å². The van der Waals surface area contributed by atoms with E-state index in [-0.39, 0.29) is 5.75 Å². The van der Waals surface area contributed by atoms with Crippen LogP contribution in [0.4, 0.5) is 0 Å². The van der Waals surface area contributed by atoms with Gasteiger partial charge in [-0.1, -0.05) is 48.0 Å². The fraction of sp³-hybridized carbons (Fsp3) is 0.0526. The van der Waals surface area contributed by atoms with Gasteiger partial charge in [0.05, 0.1) is 16.8 Å². The highest BCUT2D eigenvalue weighted by Gasteiger charge is 2.09. The lowest BCUT2D eigenvalue weighted by Crippen LogP contribution is -2.18. The van der Waals surface area contributed by atoms with Crippen LogP contribution < -0.4 is 5.43 Å². The van der Waals surface area contributed by atoms with Crippen molar-refractivity contribution >= 4 is 34.5 Å². The van der Waals surface area contributed by atoms with E-state index in [1.54, 1.807) is 24.3 Å². The standard InChI is InChI=1S/C19H15ClN2O2/c1-12-6-8-15(17(20)10-12)19(24)22-21-11-16-14-5-3-2-4-13(14)7-9-18(16)23/h2-11,23H,1H3,(H,22,24). The van der Waals surface area contributed by atoms with Crippen molar-refractivity contribution in [2.24, 2.45) is 5.10 Å². The molecule has 3 aromatic rings. The molecule has 1 amide bonds. The quantitative estimate of drug-likeness (QED) is 0.553. The van der Waals surface area contributed by atoms with Gasteiger partial charge >= 0.3 is 0 Å². The number of phenols is 1. The zero-order valence-corrected chi connectivity index (χ0v) is 13.7. The van der Waals surface area contributed by atoms with Crippen LogP contribution in [0.3, 0.4) is 0 Å². The van der Waals surface area contributed by atoms with Crippen molar-refractivity contribution in [3.63, 3.8) is 0 Å². The minimum atomic E-state index is -0.407. The second-order valence-electron chi connectivity index (χ2n) is 5.40. The molecule has 3 aromatic carbocycles. The van der Waals surface area contributed by atoms with Crippen molar-refractivity contribution in [2.45, 2.75) is 6.92 Å². The van der Waals surface area contributed by atoms with Crippen LogP contribution in [0, 0.1) is 6.92 Å². The van der Waals surface area contributed by atoms with E-state index >= 15 is 0 Å². The lowest BCUT2D eigenvalue weighted by molar-refractivity contribution is 0.0955. The Morgan fingerprint density at radius 2 is 1.96 bits per heavy atom. The minimum Gasteiger partial charge on any atom is -0.507 e. The van der Waals surface area contributed by atoms with E-state index in [2.05, 4.69) is 10.5 Å². The van der Waals surface area contributed by atoms with Crippen LogP contribution in [0.25, 0.3) is 10.8 Å². The maximum absolute atomic E-state index is 12.1. The number of amides is 1. The first-order chi connectivity index (χ1) is 11.6. The summed E-state index contributed by atoms with van der Waals surface area (Å²) in [5.41, 5.74) is 4.30. The van der Waals surface area contributed by atoms with E-state index in [1.165, 1.54) is 6.21 Å². The number of hydrazone groups is 1. The maximum Gasteiger partial charge on any atom is 0.272 e. The number of rotatable bonds is 3. The van der Waals surface area contributed by atoms with Crippen molar-refractivity contribution in [3.05, 3.63) is 76.3 Å². The Labute approximate surface area is 144 Å². The summed E-state index contributed by atoms with van der Waals surface area (Å²) in [6.45, 7) is 1.90. The molecule has 3 rings (SSSR count). The number of carbonyl (C=O) groups is 1. The average molecular weight is 339 g/mol. The van der Waals surface area contributed by atoms with Gasteiger partial charge in [-0.15, -0.1) is 0 Å². The molecule has 0 spiro atoms. The van der Waals surface area contributed by atoms with Gasteiger partial charge in [0.25, 0.3) is 5.91 Å². The van der Waals surface area contributed by atoms with Gasteiger partial charge in [0.15, 0.2) is 0 Å². The Balaban J connectivity index is 1.84. The van der Waals surface area contributed by atoms with Gasteiger partial charge in [0.1, 0.15) is 5.75 Å². The van der Waals surface area contributed by atoms with Gasteiger partial charge < -0.3 is 5.11 Å². The third kappa shape index (κ3) is 3.24. The fourth-order valence-corrected chi connectivity index (χ4v) is 2.76. The number of hydrogen-bond donors (Lipinski definition) is 2. The first kappa shape index (κ1) is 16.0. The van der Waals surface area contributed by atoms with Gasteiger partial charge in [-0.2, -0.15) is 5.10 Å². The largest absolute Gasteiger partial charge is 0.507 e. The third-order valence-electron chi connectivity index (χ3n) is 3.68. The smallest absolute Gasteiger partial charge is 0.272 e. The number of nitrogens with zero attached hydrogens (tertiary/aromatic N) is 1. The van der Waals surface area contributed by atoms with Gasteiger partial charge in [0, 0.05) is 5.56 Å². The summed E-state index contributed by atoms with van der Waals surface area (Å²) in [6.07, 6.45) is 1.43.